The van der Waals surface area contributed by atoms with Crippen molar-refractivity contribution in [3.8, 4) is 5.75 Å². The van der Waals surface area contributed by atoms with E-state index in [-0.39, 0.29) is 0 Å². The molecule has 0 aliphatic heterocycles. The first kappa shape index (κ1) is 14.8. The number of hydrogen-bond donors (Lipinski definition) is 2. The number of hydrazine groups is 1. The van der Waals surface area contributed by atoms with Gasteiger partial charge in [-0.05, 0) is 18.6 Å². The number of alkyl halides is 3. The van der Waals surface area contributed by atoms with E-state index in [1.165, 1.54) is 5.43 Å². The van der Waals surface area contributed by atoms with Crippen LogP contribution in [0.1, 0.15) is 5.56 Å². The summed E-state index contributed by atoms with van der Waals surface area (Å²) in [5.41, 5.74) is 3.60. The summed E-state index contributed by atoms with van der Waals surface area (Å²) in [5, 5.41) is 0. The lowest BCUT2D eigenvalue weighted by atomic mass is 10.2. The van der Waals surface area contributed by atoms with Gasteiger partial charge in [0, 0.05) is 0 Å². The van der Waals surface area contributed by atoms with Crippen LogP contribution in [0.4, 0.5) is 13.2 Å². The van der Waals surface area contributed by atoms with E-state index in [1.54, 1.807) is 36.6 Å². The topological polar surface area (TPSA) is 67.4 Å². The Morgan fingerprint density at radius 2 is 1.84 bits per heavy atom. The maximum absolute atomic E-state index is 11.8. The van der Waals surface area contributed by atoms with Crippen LogP contribution in [0.2, 0.25) is 0 Å². The van der Waals surface area contributed by atoms with E-state index < -0.39 is 24.6 Å². The highest BCUT2D eigenvalue weighted by Gasteiger charge is 2.38. The lowest BCUT2D eigenvalue weighted by Crippen LogP contribution is -2.49. The summed E-state index contributed by atoms with van der Waals surface area (Å²) in [6, 6.07) is 6.81. The van der Waals surface area contributed by atoms with Gasteiger partial charge in [0.25, 0.3) is 5.91 Å². The Hall–Kier alpha value is -2.25. The molecule has 0 saturated heterocycles. The van der Waals surface area contributed by atoms with Crippen LogP contribution in [0, 0.1) is 6.92 Å². The molecule has 0 bridgehead atoms. The molecule has 0 radical (unpaired) electrons. The monoisotopic (exact) mass is 276 g/mol. The Balaban J connectivity index is 2.37. The van der Waals surface area contributed by atoms with Gasteiger partial charge in [0.05, 0.1) is 0 Å². The molecule has 19 heavy (non-hydrogen) atoms. The second-order valence-corrected chi connectivity index (χ2v) is 3.55. The molecule has 0 aliphatic carbocycles. The number of hydrogen-bond acceptors (Lipinski definition) is 3. The fraction of sp³-hybridized carbons (Fsp3) is 0.273. The van der Waals surface area contributed by atoms with Crippen molar-refractivity contribution in [3.63, 3.8) is 0 Å². The third-order valence-electron chi connectivity index (χ3n) is 2.03. The average molecular weight is 276 g/mol. The highest BCUT2D eigenvalue weighted by Crippen LogP contribution is 2.15. The average Bonchev–Trinajstić information content (AvgIpc) is 2.33. The van der Waals surface area contributed by atoms with Crippen LogP contribution in [0.3, 0.4) is 0 Å². The summed E-state index contributed by atoms with van der Waals surface area (Å²) in [6.45, 7) is 1.24. The molecule has 0 spiro atoms. The molecule has 0 unspecified atom stereocenters. The summed E-state index contributed by atoms with van der Waals surface area (Å²) in [5.74, 6) is -2.72. The Labute approximate surface area is 106 Å². The Morgan fingerprint density at radius 1 is 1.21 bits per heavy atom. The molecular weight excluding hydrogens is 265 g/mol. The first-order valence-corrected chi connectivity index (χ1v) is 5.15. The molecule has 0 aromatic heterocycles. The van der Waals surface area contributed by atoms with Gasteiger partial charge in [-0.25, -0.2) is 0 Å². The normalized spacial score (nSPS) is 10.7. The van der Waals surface area contributed by atoms with Crippen LogP contribution < -0.4 is 15.6 Å². The molecule has 1 aromatic carbocycles. The number of rotatable bonds is 3. The molecule has 8 heteroatoms. The van der Waals surface area contributed by atoms with E-state index in [1.807, 2.05) is 0 Å². The predicted octanol–water partition coefficient (Wildman–Crippen LogP) is 1.08. The van der Waals surface area contributed by atoms with Gasteiger partial charge in [-0.2, -0.15) is 13.2 Å². The van der Waals surface area contributed by atoms with Gasteiger partial charge in [-0.15, -0.1) is 0 Å². The number of ether oxygens (including phenoxy) is 1. The molecule has 0 heterocycles. The van der Waals surface area contributed by atoms with Crippen LogP contribution in [-0.4, -0.2) is 24.6 Å². The fourth-order valence-electron chi connectivity index (χ4n) is 1.10. The van der Waals surface area contributed by atoms with Gasteiger partial charge < -0.3 is 4.74 Å². The van der Waals surface area contributed by atoms with Crippen LogP contribution >= 0.6 is 0 Å². The summed E-state index contributed by atoms with van der Waals surface area (Å²) in [6.07, 6.45) is -5.05. The lowest BCUT2D eigenvalue weighted by Gasteiger charge is -2.11. The number of benzene rings is 1. The van der Waals surface area contributed by atoms with Crippen LogP contribution in [0.5, 0.6) is 5.75 Å². The number of para-hydroxylation sites is 1. The molecule has 2 amide bonds. The molecule has 104 valence electrons. The maximum atomic E-state index is 11.8. The second-order valence-electron chi connectivity index (χ2n) is 3.55. The first-order valence-electron chi connectivity index (χ1n) is 5.15. The van der Waals surface area contributed by atoms with Crippen LogP contribution in [0.25, 0.3) is 0 Å². The van der Waals surface area contributed by atoms with Crippen molar-refractivity contribution >= 4 is 11.8 Å². The Morgan fingerprint density at radius 3 is 2.42 bits per heavy atom. The van der Waals surface area contributed by atoms with Crippen molar-refractivity contribution in [1.29, 1.82) is 0 Å². The second kappa shape index (κ2) is 6.07. The van der Waals surface area contributed by atoms with Crippen molar-refractivity contribution in [2.24, 2.45) is 0 Å². The molecule has 0 saturated carbocycles. The van der Waals surface area contributed by atoms with Gasteiger partial charge >= 0.3 is 12.1 Å². The molecule has 1 rings (SSSR count). The molecule has 1 aromatic rings. The quantitative estimate of drug-likeness (QED) is 0.812. The minimum atomic E-state index is -5.05. The summed E-state index contributed by atoms with van der Waals surface area (Å²) in [4.78, 5) is 21.5. The van der Waals surface area contributed by atoms with Crippen LogP contribution in [0.15, 0.2) is 24.3 Å². The number of carbonyl (C=O) groups is 2. The summed E-state index contributed by atoms with van der Waals surface area (Å²) in [7, 11) is 0. The molecule has 0 aliphatic rings. The first-order chi connectivity index (χ1) is 8.80. The lowest BCUT2D eigenvalue weighted by molar-refractivity contribution is -0.175. The van der Waals surface area contributed by atoms with Crippen molar-refractivity contribution in [3.05, 3.63) is 29.8 Å². The van der Waals surface area contributed by atoms with E-state index in [4.69, 9.17) is 4.74 Å². The summed E-state index contributed by atoms with van der Waals surface area (Å²) >= 11 is 0. The zero-order chi connectivity index (χ0) is 14.5. The Bertz CT molecular complexity index is 474. The molecule has 0 atom stereocenters. The largest absolute Gasteiger partial charge is 0.483 e. The number of amides is 2. The van der Waals surface area contributed by atoms with E-state index in [0.717, 1.165) is 5.56 Å². The van der Waals surface area contributed by atoms with E-state index in [2.05, 4.69) is 0 Å². The fourth-order valence-corrected chi connectivity index (χ4v) is 1.10. The van der Waals surface area contributed by atoms with Crippen molar-refractivity contribution in [1.82, 2.24) is 10.9 Å². The van der Waals surface area contributed by atoms with Crippen molar-refractivity contribution in [2.75, 3.05) is 6.61 Å². The smallest absolute Gasteiger partial charge is 0.472 e. The van der Waals surface area contributed by atoms with E-state index in [9.17, 15) is 22.8 Å². The van der Waals surface area contributed by atoms with Crippen molar-refractivity contribution < 1.29 is 27.5 Å². The zero-order valence-electron chi connectivity index (χ0n) is 9.88. The van der Waals surface area contributed by atoms with Gasteiger partial charge in [-0.3, -0.25) is 20.4 Å². The van der Waals surface area contributed by atoms with E-state index in [0.29, 0.717) is 5.75 Å². The SMILES string of the molecule is Cc1ccccc1OCC(=O)NNC(=O)C(F)(F)F. The Kier molecular flexibility index (Phi) is 4.74. The predicted molar refractivity (Wildman–Crippen MR) is 59.0 cm³/mol. The minimum Gasteiger partial charge on any atom is -0.483 e. The zero-order valence-corrected chi connectivity index (χ0v) is 9.88. The number of halogens is 3. The highest BCUT2D eigenvalue weighted by atomic mass is 19.4. The third-order valence-corrected chi connectivity index (χ3v) is 2.03. The number of carbonyl (C=O) groups excluding carboxylic acids is 2. The highest BCUT2D eigenvalue weighted by molar-refractivity contribution is 5.85. The number of nitrogens with one attached hydrogen (secondary N) is 2. The third kappa shape index (κ3) is 4.86. The van der Waals surface area contributed by atoms with Gasteiger partial charge in [-0.1, -0.05) is 18.2 Å². The maximum Gasteiger partial charge on any atom is 0.472 e. The van der Waals surface area contributed by atoms with Gasteiger partial charge in [0.2, 0.25) is 0 Å². The summed E-state index contributed by atoms with van der Waals surface area (Å²) < 4.78 is 40.5. The van der Waals surface area contributed by atoms with Crippen LogP contribution in [-0.2, 0) is 9.59 Å². The molecule has 2 N–H and O–H groups in total. The molecular formula is C11H11F3N2O3. The molecule has 5 nitrogen and oxygen atoms in total. The number of aryl methyl sites for hydroxylation is 1. The van der Waals surface area contributed by atoms with Gasteiger partial charge in [0.1, 0.15) is 5.75 Å². The minimum absolute atomic E-state index is 0.430. The molecule has 0 fully saturated rings. The standard InChI is InChI=1S/C11H11F3N2O3/c1-7-4-2-3-5-8(7)19-6-9(17)15-16-10(18)11(12,13)14/h2-5H,6H2,1H3,(H,15,17)(H,16,18). The van der Waals surface area contributed by atoms with Gasteiger partial charge in [0.15, 0.2) is 6.61 Å². The van der Waals surface area contributed by atoms with E-state index >= 15 is 0 Å². The van der Waals surface area contributed by atoms with Crippen molar-refractivity contribution in [2.45, 2.75) is 13.1 Å².